The Bertz CT molecular complexity index is 463. The monoisotopic (exact) mass is 292 g/mol. The Morgan fingerprint density at radius 2 is 1.80 bits per heavy atom. The zero-order chi connectivity index (χ0) is 15.3. The highest BCUT2D eigenvalue weighted by Crippen LogP contribution is 2.23. The molecule has 0 aromatic heterocycles. The molecule has 0 bridgehead atoms. The van der Waals surface area contributed by atoms with Crippen LogP contribution in [0.3, 0.4) is 0 Å². The summed E-state index contributed by atoms with van der Waals surface area (Å²) >= 11 is 0. The quantitative estimate of drug-likeness (QED) is 0.816. The van der Waals surface area contributed by atoms with Crippen LogP contribution in [0.2, 0.25) is 0 Å². The number of rotatable bonds is 6. The summed E-state index contributed by atoms with van der Waals surface area (Å²) in [6.45, 7) is 0.336. The summed E-state index contributed by atoms with van der Waals surface area (Å²) in [5.74, 6) is -6.64. The zero-order valence-electron chi connectivity index (χ0n) is 11.2. The largest absolute Gasteiger partial charge is 0.383 e. The summed E-state index contributed by atoms with van der Waals surface area (Å²) < 4.78 is 49.6. The highest BCUT2D eigenvalue weighted by Gasteiger charge is 2.48. The van der Waals surface area contributed by atoms with Gasteiger partial charge in [-0.25, -0.2) is 8.78 Å². The maximum absolute atomic E-state index is 12.8. The Morgan fingerprint density at radius 3 is 2.30 bits per heavy atom. The van der Waals surface area contributed by atoms with Crippen LogP contribution < -0.4 is 5.32 Å². The van der Waals surface area contributed by atoms with Gasteiger partial charge in [-0.1, -0.05) is 24.3 Å². The van der Waals surface area contributed by atoms with Crippen molar-refractivity contribution in [1.29, 1.82) is 0 Å². The van der Waals surface area contributed by atoms with Gasteiger partial charge in [-0.2, -0.15) is 8.78 Å². The van der Waals surface area contributed by atoms with E-state index < -0.39 is 18.3 Å². The Kier molecular flexibility index (Phi) is 5.50. The van der Waals surface area contributed by atoms with Gasteiger partial charge >= 0.3 is 12.3 Å². The van der Waals surface area contributed by atoms with Crippen LogP contribution in [0, 0.1) is 0 Å². The topological polar surface area (TPSA) is 32.3 Å². The van der Waals surface area contributed by atoms with Gasteiger partial charge in [0.15, 0.2) is 0 Å². The molecule has 0 atom stereocenters. The number of alkyl halides is 4. The molecule has 0 saturated heterocycles. The maximum Gasteiger partial charge on any atom is 0.383 e. The van der Waals surface area contributed by atoms with Crippen molar-refractivity contribution in [3.05, 3.63) is 35.4 Å². The first-order valence-corrected chi connectivity index (χ1v) is 5.91. The standard InChI is InChI=1S/C13H16F4N2O/c1-19(2)8-10-6-4-3-5-9(10)7-18-12(20)13(16,17)11(14)15/h3-6,11H,7-8H2,1-2H3,(H,18,20). The van der Waals surface area contributed by atoms with Crippen LogP contribution in [0.1, 0.15) is 11.1 Å². The summed E-state index contributed by atoms with van der Waals surface area (Å²) in [6, 6.07) is 6.90. The molecule has 0 spiro atoms. The fourth-order valence-corrected chi connectivity index (χ4v) is 1.62. The second kappa shape index (κ2) is 6.69. The number of hydrogen-bond donors (Lipinski definition) is 1. The van der Waals surface area contributed by atoms with E-state index in [-0.39, 0.29) is 6.54 Å². The van der Waals surface area contributed by atoms with Gasteiger partial charge in [-0.05, 0) is 25.2 Å². The number of carbonyl (C=O) groups excluding carboxylic acids is 1. The van der Waals surface area contributed by atoms with Crippen LogP contribution in [0.15, 0.2) is 24.3 Å². The van der Waals surface area contributed by atoms with E-state index in [0.29, 0.717) is 12.1 Å². The van der Waals surface area contributed by atoms with E-state index in [9.17, 15) is 22.4 Å². The van der Waals surface area contributed by atoms with Crippen molar-refractivity contribution in [2.45, 2.75) is 25.4 Å². The molecule has 3 nitrogen and oxygen atoms in total. The van der Waals surface area contributed by atoms with E-state index in [1.165, 1.54) is 0 Å². The molecular weight excluding hydrogens is 276 g/mol. The Hall–Kier alpha value is -1.63. The molecule has 1 N–H and O–H groups in total. The number of halogens is 4. The van der Waals surface area contributed by atoms with Gasteiger partial charge in [0, 0.05) is 13.1 Å². The number of carbonyl (C=O) groups is 1. The normalized spacial score (nSPS) is 12.0. The van der Waals surface area contributed by atoms with E-state index >= 15 is 0 Å². The van der Waals surface area contributed by atoms with Crippen molar-refractivity contribution >= 4 is 5.91 Å². The predicted molar refractivity (Wildman–Crippen MR) is 66.6 cm³/mol. The molecule has 0 saturated carbocycles. The first-order chi connectivity index (χ1) is 9.25. The van der Waals surface area contributed by atoms with Crippen molar-refractivity contribution in [2.75, 3.05) is 14.1 Å². The molecule has 0 unspecified atom stereocenters. The number of amides is 1. The number of hydrogen-bond acceptors (Lipinski definition) is 2. The lowest BCUT2D eigenvalue weighted by Gasteiger charge is -2.17. The van der Waals surface area contributed by atoms with Gasteiger partial charge in [-0.15, -0.1) is 0 Å². The van der Waals surface area contributed by atoms with Gasteiger partial charge in [0.2, 0.25) is 0 Å². The second-order valence-corrected chi connectivity index (χ2v) is 4.61. The zero-order valence-corrected chi connectivity index (χ0v) is 11.2. The molecule has 1 aromatic carbocycles. The van der Waals surface area contributed by atoms with Gasteiger partial charge in [0.25, 0.3) is 5.91 Å². The second-order valence-electron chi connectivity index (χ2n) is 4.61. The minimum absolute atomic E-state index is 0.217. The van der Waals surface area contributed by atoms with E-state index in [0.717, 1.165) is 5.56 Å². The number of benzene rings is 1. The maximum atomic E-state index is 12.8. The van der Waals surface area contributed by atoms with Crippen LogP contribution in [-0.2, 0) is 17.9 Å². The molecule has 0 aliphatic carbocycles. The third-order valence-electron chi connectivity index (χ3n) is 2.62. The van der Waals surface area contributed by atoms with Crippen LogP contribution in [0.5, 0.6) is 0 Å². The van der Waals surface area contributed by atoms with Crippen molar-refractivity contribution in [3.63, 3.8) is 0 Å². The first-order valence-electron chi connectivity index (χ1n) is 5.91. The predicted octanol–water partition coefficient (Wildman–Crippen LogP) is 2.26. The van der Waals surface area contributed by atoms with E-state index in [2.05, 4.69) is 0 Å². The average molecular weight is 292 g/mol. The molecule has 0 aliphatic rings. The van der Waals surface area contributed by atoms with Crippen LogP contribution in [0.25, 0.3) is 0 Å². The number of nitrogens with one attached hydrogen (secondary N) is 1. The summed E-state index contributed by atoms with van der Waals surface area (Å²) in [5, 5.41) is 1.85. The minimum Gasteiger partial charge on any atom is -0.347 e. The van der Waals surface area contributed by atoms with Gasteiger partial charge in [0.05, 0.1) is 0 Å². The minimum atomic E-state index is -4.67. The molecule has 7 heteroatoms. The third kappa shape index (κ3) is 4.19. The fourth-order valence-electron chi connectivity index (χ4n) is 1.62. The number of nitrogens with zero attached hydrogens (tertiary/aromatic N) is 1. The molecule has 0 heterocycles. The SMILES string of the molecule is CN(C)Cc1ccccc1CNC(=O)C(F)(F)C(F)F. The van der Waals surface area contributed by atoms with Gasteiger partial charge in [-0.3, -0.25) is 4.79 Å². The highest BCUT2D eigenvalue weighted by molar-refractivity contribution is 5.83. The van der Waals surface area contributed by atoms with E-state index in [1.54, 1.807) is 24.3 Å². The Labute approximate surface area is 114 Å². The summed E-state index contributed by atoms with van der Waals surface area (Å²) in [7, 11) is 3.67. The van der Waals surface area contributed by atoms with E-state index in [4.69, 9.17) is 0 Å². The molecule has 1 aromatic rings. The molecule has 112 valence electrons. The first kappa shape index (κ1) is 16.4. The lowest BCUT2D eigenvalue weighted by atomic mass is 10.1. The van der Waals surface area contributed by atoms with Crippen LogP contribution in [-0.4, -0.2) is 37.3 Å². The Balaban J connectivity index is 2.73. The van der Waals surface area contributed by atoms with Crippen molar-refractivity contribution in [1.82, 2.24) is 10.2 Å². The van der Waals surface area contributed by atoms with Crippen LogP contribution >= 0.6 is 0 Å². The molecule has 1 rings (SSSR count). The highest BCUT2D eigenvalue weighted by atomic mass is 19.3. The molecular formula is C13H16F4N2O. The molecule has 1 amide bonds. The van der Waals surface area contributed by atoms with Gasteiger partial charge in [0.1, 0.15) is 0 Å². The molecule has 0 radical (unpaired) electrons. The van der Waals surface area contributed by atoms with Crippen molar-refractivity contribution in [3.8, 4) is 0 Å². The van der Waals surface area contributed by atoms with Crippen molar-refractivity contribution in [2.24, 2.45) is 0 Å². The molecule has 0 fully saturated rings. The van der Waals surface area contributed by atoms with Gasteiger partial charge < -0.3 is 10.2 Å². The lowest BCUT2D eigenvalue weighted by molar-refractivity contribution is -0.169. The van der Waals surface area contributed by atoms with Crippen molar-refractivity contribution < 1.29 is 22.4 Å². The summed E-state index contributed by atoms with van der Waals surface area (Å²) in [4.78, 5) is 12.9. The molecule has 20 heavy (non-hydrogen) atoms. The molecule has 0 aliphatic heterocycles. The smallest absolute Gasteiger partial charge is 0.347 e. The summed E-state index contributed by atoms with van der Waals surface area (Å²) in [5.41, 5.74) is 1.44. The fraction of sp³-hybridized carbons (Fsp3) is 0.462. The lowest BCUT2D eigenvalue weighted by Crippen LogP contribution is -2.44. The van der Waals surface area contributed by atoms with Crippen LogP contribution in [0.4, 0.5) is 17.6 Å². The summed E-state index contributed by atoms with van der Waals surface area (Å²) in [6.07, 6.45) is -4.01. The Morgan fingerprint density at radius 1 is 1.25 bits per heavy atom. The van der Waals surface area contributed by atoms with E-state index in [1.807, 2.05) is 24.3 Å². The third-order valence-corrected chi connectivity index (χ3v) is 2.62. The average Bonchev–Trinajstić information content (AvgIpc) is 2.36.